The molecule has 204 valence electrons. The van der Waals surface area contributed by atoms with Crippen LogP contribution >= 0.6 is 0 Å². The summed E-state index contributed by atoms with van der Waals surface area (Å²) in [5, 5.41) is 39.5. The number of carbonyl (C=O) groups excluding carboxylic acids is 1. The molecule has 9 nitrogen and oxygen atoms in total. The molecule has 2 heterocycles. The first kappa shape index (κ1) is 34.1. The molecular weight excluding hydrogens is 495 g/mol. The van der Waals surface area contributed by atoms with E-state index in [9.17, 15) is 24.9 Å². The maximum absolute atomic E-state index is 12.1. The molecule has 0 aromatic carbocycles. The van der Waals surface area contributed by atoms with Crippen LogP contribution in [0.3, 0.4) is 0 Å². The molecule has 8 atom stereocenters. The van der Waals surface area contributed by atoms with E-state index in [4.69, 9.17) is 19.3 Å². The van der Waals surface area contributed by atoms with E-state index in [-0.39, 0.29) is 81.8 Å². The van der Waals surface area contributed by atoms with Crippen LogP contribution in [-0.4, -0.2) is 134 Å². The zero-order valence-electron chi connectivity index (χ0n) is 21.3. The molecule has 0 aromatic rings. The number of hydrogen-bond donors (Lipinski definition) is 4. The Bertz CT molecular complexity index is 699. The van der Waals surface area contributed by atoms with E-state index >= 15 is 0 Å². The minimum absolute atomic E-state index is 0. The van der Waals surface area contributed by atoms with Gasteiger partial charge in [0.05, 0.1) is 43.7 Å². The van der Waals surface area contributed by atoms with E-state index < -0.39 is 36.4 Å². The number of ether oxygens (including phenoxy) is 3. The molecule has 2 rings (SSSR count). The van der Waals surface area contributed by atoms with E-state index in [2.05, 4.69) is 0 Å². The van der Waals surface area contributed by atoms with Crippen molar-refractivity contribution in [3.8, 4) is 0 Å². The number of carboxylic acid groups (broad SMARTS) is 1. The van der Waals surface area contributed by atoms with Crippen molar-refractivity contribution >= 4 is 63.3 Å². The van der Waals surface area contributed by atoms with Gasteiger partial charge in [-0.15, -0.1) is 0 Å². The van der Waals surface area contributed by atoms with Crippen LogP contribution in [-0.2, 0) is 23.8 Å². The molecule has 4 N–H and O–H groups in total. The monoisotopic (exact) mass is 540 g/mol. The van der Waals surface area contributed by atoms with Crippen LogP contribution in [0.5, 0.6) is 0 Å². The molecule has 2 aliphatic rings. The Kier molecular flexibility index (Phi) is 16.7. The maximum atomic E-state index is 12.1. The van der Waals surface area contributed by atoms with Gasteiger partial charge in [0.25, 0.3) is 0 Å². The summed E-state index contributed by atoms with van der Waals surface area (Å²) < 4.78 is 16.7. The van der Waals surface area contributed by atoms with Crippen LogP contribution in [0.25, 0.3) is 0 Å². The fourth-order valence-corrected chi connectivity index (χ4v) is 4.59. The number of carbonyl (C=O) groups is 2. The normalized spacial score (nSPS) is 29.7. The topological polar surface area (TPSA) is 146 Å². The molecule has 2 fully saturated rings. The summed E-state index contributed by atoms with van der Waals surface area (Å²) in [7, 11) is 0. The van der Waals surface area contributed by atoms with E-state index in [1.54, 1.807) is 13.8 Å². The van der Waals surface area contributed by atoms with Crippen molar-refractivity contribution in [2.24, 2.45) is 11.8 Å². The summed E-state index contributed by atoms with van der Waals surface area (Å²) in [5.74, 6) is -1.42. The Morgan fingerprint density at radius 3 is 2.31 bits per heavy atom. The summed E-state index contributed by atoms with van der Waals surface area (Å²) >= 11 is 0. The van der Waals surface area contributed by atoms with E-state index in [0.717, 1.165) is 32.1 Å². The Morgan fingerprint density at radius 2 is 1.67 bits per heavy atom. The molecule has 0 spiro atoms. The number of esters is 1. The quantitative estimate of drug-likeness (QED) is 0.0758. The van der Waals surface area contributed by atoms with Crippen LogP contribution in [0.4, 0.5) is 0 Å². The Balaban J connectivity index is 0.00000648. The predicted molar refractivity (Wildman–Crippen MR) is 136 cm³/mol. The van der Waals surface area contributed by atoms with Gasteiger partial charge in [-0.1, -0.05) is 38.2 Å². The summed E-state index contributed by atoms with van der Waals surface area (Å²) in [6.07, 6.45) is 4.61. The van der Waals surface area contributed by atoms with Gasteiger partial charge in [0, 0.05) is 24.3 Å². The van der Waals surface area contributed by atoms with E-state index in [1.165, 1.54) is 6.08 Å². The first-order chi connectivity index (χ1) is 16.6. The molecule has 2 aliphatic heterocycles. The number of carboxylic acids is 1. The Hall–Kier alpha value is 0.116. The number of aliphatic carboxylic acids is 1. The Labute approximate surface area is 257 Å². The molecule has 2 saturated heterocycles. The van der Waals surface area contributed by atoms with Crippen LogP contribution < -0.4 is 0 Å². The molecule has 0 amide bonds. The third kappa shape index (κ3) is 12.3. The third-order valence-corrected chi connectivity index (χ3v) is 7.09. The number of aliphatic hydroxyl groups is 3. The van der Waals surface area contributed by atoms with Crippen LogP contribution in [0.1, 0.15) is 78.6 Å². The van der Waals surface area contributed by atoms with Gasteiger partial charge in [-0.25, -0.2) is 4.79 Å². The fourth-order valence-electron chi connectivity index (χ4n) is 4.59. The van der Waals surface area contributed by atoms with Crippen LogP contribution in [0, 0.1) is 11.8 Å². The second-order valence-corrected chi connectivity index (χ2v) is 10.2. The minimum atomic E-state index is -1.06. The molecule has 0 saturated carbocycles. The van der Waals surface area contributed by atoms with Gasteiger partial charge in [0.15, 0.2) is 0 Å². The third-order valence-electron chi connectivity index (χ3n) is 7.09. The van der Waals surface area contributed by atoms with E-state index in [1.807, 2.05) is 6.92 Å². The van der Waals surface area contributed by atoms with Gasteiger partial charge >= 0.3 is 63.3 Å². The molecular formula is C26H45KO9. The van der Waals surface area contributed by atoms with Gasteiger partial charge in [-0.3, -0.25) is 4.79 Å². The molecule has 10 heteroatoms. The summed E-state index contributed by atoms with van der Waals surface area (Å²) in [4.78, 5) is 22.5. The summed E-state index contributed by atoms with van der Waals surface area (Å²) in [6, 6.07) is 0. The molecule has 0 radical (unpaired) electrons. The van der Waals surface area contributed by atoms with Gasteiger partial charge in [0.2, 0.25) is 0 Å². The van der Waals surface area contributed by atoms with Crippen molar-refractivity contribution in [2.45, 2.75) is 115 Å². The number of epoxide rings is 1. The van der Waals surface area contributed by atoms with Crippen molar-refractivity contribution in [3.05, 3.63) is 11.6 Å². The van der Waals surface area contributed by atoms with Gasteiger partial charge in [-0.05, 0) is 39.5 Å². The van der Waals surface area contributed by atoms with Gasteiger partial charge in [-0.2, -0.15) is 0 Å². The number of aliphatic hydroxyl groups excluding tert-OH is 3. The molecule has 0 aliphatic carbocycles. The van der Waals surface area contributed by atoms with Crippen molar-refractivity contribution in [3.63, 3.8) is 0 Å². The van der Waals surface area contributed by atoms with Crippen LogP contribution in [0.2, 0.25) is 0 Å². The SMILES string of the molecule is C/C(=C\C(=O)OCCCCCCCCC(=O)O)C[C@@H]1OC[C@H](C[C@@H]2O[C@H]2[C@@H](C)[C@H](C)O)[C@@H](O)[C@H]1O.[KH]. The van der Waals surface area contributed by atoms with E-state index in [0.29, 0.717) is 38.0 Å². The van der Waals surface area contributed by atoms with Crippen LogP contribution in [0.15, 0.2) is 11.6 Å². The molecule has 0 bridgehead atoms. The molecule has 36 heavy (non-hydrogen) atoms. The first-order valence-corrected chi connectivity index (χ1v) is 13.0. The average molecular weight is 541 g/mol. The predicted octanol–water partition coefficient (Wildman–Crippen LogP) is 1.94. The zero-order chi connectivity index (χ0) is 26.0. The number of unbranched alkanes of at least 4 members (excludes halogenated alkanes) is 5. The summed E-state index contributed by atoms with van der Waals surface area (Å²) in [5.41, 5.74) is 0.708. The second kappa shape index (κ2) is 17.7. The number of rotatable bonds is 16. The summed E-state index contributed by atoms with van der Waals surface area (Å²) in [6.45, 7) is 6.07. The molecule has 0 unspecified atom stereocenters. The fraction of sp³-hybridized carbons (Fsp3) is 0.846. The standard InChI is InChI=1S/C26H44O9.K.H/c1-16(13-23(30)33-11-9-7-5-4-6-8-10-22(28)29)12-20-25(32)24(31)19(15-34-20)14-21-26(35-21)17(2)18(3)27;;/h13,17-21,24-27,31-32H,4-12,14-15H2,1-3H3,(H,28,29);;/b16-13+;;/t17-,18-,19-,20-,21-,24+,25-,26-;;/m0../s1. The number of hydrogen-bond acceptors (Lipinski definition) is 8. The van der Waals surface area contributed by atoms with Crippen molar-refractivity contribution in [1.29, 1.82) is 0 Å². The van der Waals surface area contributed by atoms with Crippen molar-refractivity contribution < 1.29 is 44.2 Å². The van der Waals surface area contributed by atoms with Gasteiger partial charge in [0.1, 0.15) is 6.10 Å². The average Bonchev–Trinajstić information content (AvgIpc) is 3.55. The molecule has 0 aromatic heterocycles. The van der Waals surface area contributed by atoms with Gasteiger partial charge < -0.3 is 34.6 Å². The van der Waals surface area contributed by atoms with Crippen molar-refractivity contribution in [2.75, 3.05) is 13.2 Å². The second-order valence-electron chi connectivity index (χ2n) is 10.2. The Morgan fingerprint density at radius 1 is 1.03 bits per heavy atom. The zero-order valence-corrected chi connectivity index (χ0v) is 21.3. The van der Waals surface area contributed by atoms with Crippen molar-refractivity contribution in [1.82, 2.24) is 0 Å². The first-order valence-electron chi connectivity index (χ1n) is 13.0.